The Labute approximate surface area is 128 Å². The van der Waals surface area contributed by atoms with Crippen molar-refractivity contribution in [3.05, 3.63) is 29.8 Å². The third-order valence-corrected chi connectivity index (χ3v) is 5.26. The number of hydrogen-bond donors (Lipinski definition) is 2. The summed E-state index contributed by atoms with van der Waals surface area (Å²) in [5.41, 5.74) is 0.965. The normalized spacial score (nSPS) is 28.3. The maximum absolute atomic E-state index is 11.4. The highest BCUT2D eigenvalue weighted by atomic mass is 32.2. The lowest BCUT2D eigenvalue weighted by Gasteiger charge is -2.34. The third-order valence-electron chi connectivity index (χ3n) is 4.35. The fraction of sp³-hybridized carbons (Fsp3) is 0.625. The minimum absolute atomic E-state index is 0.120. The molecule has 3 unspecified atom stereocenters. The lowest BCUT2D eigenvalue weighted by molar-refractivity contribution is 0.228. The molecule has 1 saturated carbocycles. The highest BCUT2D eigenvalue weighted by Crippen LogP contribution is 2.30. The Hall–Kier alpha value is -0.910. The highest BCUT2D eigenvalue weighted by molar-refractivity contribution is 7.89. The van der Waals surface area contributed by atoms with Crippen LogP contribution in [0.25, 0.3) is 0 Å². The summed E-state index contributed by atoms with van der Waals surface area (Å²) in [6, 6.07) is 7.52. The summed E-state index contributed by atoms with van der Waals surface area (Å²) in [6.07, 6.45) is 3.67. The largest absolute Gasteiger partial charge is 0.307 e. The van der Waals surface area contributed by atoms with E-state index in [4.69, 9.17) is 5.14 Å². The fourth-order valence-electron chi connectivity index (χ4n) is 3.49. The van der Waals surface area contributed by atoms with Gasteiger partial charge in [0.25, 0.3) is 0 Å². The Morgan fingerprint density at radius 3 is 2.38 bits per heavy atom. The van der Waals surface area contributed by atoms with Gasteiger partial charge in [0.2, 0.25) is 10.0 Å². The Balaban J connectivity index is 2.08. The van der Waals surface area contributed by atoms with Crippen LogP contribution in [0.3, 0.4) is 0 Å². The van der Waals surface area contributed by atoms with Crippen molar-refractivity contribution >= 4 is 10.0 Å². The number of hydrogen-bond acceptors (Lipinski definition) is 3. The summed E-state index contributed by atoms with van der Waals surface area (Å²) in [5, 5.41) is 8.84. The molecule has 0 bridgehead atoms. The molecular formula is C16H26N2O2S. The molecule has 1 aliphatic carbocycles. The SMILES string of the molecule is CC1CC(C)CC(NC(C)c2cccc(S(N)(=O)=O)c2)C1. The van der Waals surface area contributed by atoms with E-state index in [2.05, 4.69) is 26.1 Å². The van der Waals surface area contributed by atoms with Crippen molar-refractivity contribution in [1.82, 2.24) is 5.32 Å². The maximum atomic E-state index is 11.4. The molecule has 4 nitrogen and oxygen atoms in total. The van der Waals surface area contributed by atoms with Crippen LogP contribution in [0.15, 0.2) is 29.2 Å². The number of benzene rings is 1. The molecule has 21 heavy (non-hydrogen) atoms. The van der Waals surface area contributed by atoms with Crippen molar-refractivity contribution in [2.24, 2.45) is 17.0 Å². The Morgan fingerprint density at radius 2 is 1.81 bits per heavy atom. The zero-order chi connectivity index (χ0) is 15.6. The van der Waals surface area contributed by atoms with Crippen LogP contribution in [-0.4, -0.2) is 14.5 Å². The van der Waals surface area contributed by atoms with Crippen molar-refractivity contribution in [1.29, 1.82) is 0 Å². The monoisotopic (exact) mass is 310 g/mol. The molecule has 0 saturated heterocycles. The molecule has 0 amide bonds. The summed E-state index contributed by atoms with van der Waals surface area (Å²) < 4.78 is 22.9. The van der Waals surface area contributed by atoms with Gasteiger partial charge in [0.1, 0.15) is 0 Å². The lowest BCUT2D eigenvalue weighted by atomic mass is 9.80. The molecule has 1 aliphatic rings. The van der Waals surface area contributed by atoms with Gasteiger partial charge >= 0.3 is 0 Å². The predicted octanol–water partition coefficient (Wildman–Crippen LogP) is 2.81. The molecule has 1 aromatic carbocycles. The number of primary sulfonamides is 1. The van der Waals surface area contributed by atoms with Crippen LogP contribution in [-0.2, 0) is 10.0 Å². The van der Waals surface area contributed by atoms with Gasteiger partial charge < -0.3 is 5.32 Å². The van der Waals surface area contributed by atoms with E-state index in [1.165, 1.54) is 25.3 Å². The minimum atomic E-state index is -3.64. The van der Waals surface area contributed by atoms with Crippen molar-refractivity contribution in [2.45, 2.75) is 57.0 Å². The third kappa shape index (κ3) is 4.53. The van der Waals surface area contributed by atoms with E-state index >= 15 is 0 Å². The molecule has 2 rings (SSSR count). The summed E-state index contributed by atoms with van der Waals surface area (Å²) in [6.45, 7) is 6.68. The van der Waals surface area contributed by atoms with Crippen molar-refractivity contribution in [2.75, 3.05) is 0 Å². The number of rotatable bonds is 4. The van der Waals surface area contributed by atoms with Crippen LogP contribution in [0.4, 0.5) is 0 Å². The average Bonchev–Trinajstić information content (AvgIpc) is 2.36. The summed E-state index contributed by atoms with van der Waals surface area (Å²) >= 11 is 0. The van der Waals surface area contributed by atoms with Crippen LogP contribution in [0.2, 0.25) is 0 Å². The Bertz CT molecular complexity index is 576. The molecule has 0 aliphatic heterocycles. The summed E-state index contributed by atoms with van der Waals surface area (Å²) in [5.74, 6) is 1.49. The number of sulfonamides is 1. The molecule has 5 heteroatoms. The van der Waals surface area contributed by atoms with Crippen LogP contribution in [0.1, 0.15) is 51.6 Å². The summed E-state index contributed by atoms with van der Waals surface area (Å²) in [7, 11) is -3.64. The maximum Gasteiger partial charge on any atom is 0.238 e. The molecule has 3 atom stereocenters. The second-order valence-electron chi connectivity index (χ2n) is 6.62. The molecule has 0 heterocycles. The Kier molecular flexibility index (Phi) is 5.07. The van der Waals surface area contributed by atoms with Gasteiger partial charge in [0, 0.05) is 12.1 Å². The van der Waals surface area contributed by atoms with E-state index in [1.807, 2.05) is 6.07 Å². The smallest absolute Gasteiger partial charge is 0.238 e. The zero-order valence-corrected chi connectivity index (χ0v) is 13.9. The second kappa shape index (κ2) is 6.46. The van der Waals surface area contributed by atoms with Crippen LogP contribution in [0, 0.1) is 11.8 Å². The van der Waals surface area contributed by atoms with Gasteiger partial charge in [-0.2, -0.15) is 0 Å². The molecule has 0 aromatic heterocycles. The van der Waals surface area contributed by atoms with Gasteiger partial charge in [-0.1, -0.05) is 26.0 Å². The van der Waals surface area contributed by atoms with Gasteiger partial charge in [0.05, 0.1) is 4.90 Å². The fourth-order valence-corrected chi connectivity index (χ4v) is 4.06. The molecule has 3 N–H and O–H groups in total. The average molecular weight is 310 g/mol. The van der Waals surface area contributed by atoms with E-state index in [-0.39, 0.29) is 10.9 Å². The molecule has 1 aromatic rings. The van der Waals surface area contributed by atoms with Gasteiger partial charge in [-0.05, 0) is 55.7 Å². The quantitative estimate of drug-likeness (QED) is 0.898. The predicted molar refractivity (Wildman–Crippen MR) is 85.3 cm³/mol. The first-order valence-electron chi connectivity index (χ1n) is 7.64. The van der Waals surface area contributed by atoms with Gasteiger partial charge in [0.15, 0.2) is 0 Å². The minimum Gasteiger partial charge on any atom is -0.307 e. The van der Waals surface area contributed by atoms with E-state index in [0.717, 1.165) is 17.4 Å². The van der Waals surface area contributed by atoms with Crippen LogP contribution in [0.5, 0.6) is 0 Å². The van der Waals surface area contributed by atoms with E-state index in [1.54, 1.807) is 12.1 Å². The summed E-state index contributed by atoms with van der Waals surface area (Å²) in [4.78, 5) is 0.180. The molecule has 0 radical (unpaired) electrons. The van der Waals surface area contributed by atoms with E-state index in [0.29, 0.717) is 6.04 Å². The lowest BCUT2D eigenvalue weighted by Crippen LogP contribution is -2.37. The zero-order valence-electron chi connectivity index (χ0n) is 13.0. The van der Waals surface area contributed by atoms with Gasteiger partial charge in [-0.3, -0.25) is 0 Å². The first-order chi connectivity index (χ1) is 9.75. The molecular weight excluding hydrogens is 284 g/mol. The first kappa shape index (κ1) is 16.5. The van der Waals surface area contributed by atoms with Gasteiger partial charge in [-0.25, -0.2) is 13.6 Å². The van der Waals surface area contributed by atoms with Crippen molar-refractivity contribution in [3.63, 3.8) is 0 Å². The molecule has 1 fully saturated rings. The first-order valence-corrected chi connectivity index (χ1v) is 9.19. The Morgan fingerprint density at radius 1 is 1.19 bits per heavy atom. The van der Waals surface area contributed by atoms with Gasteiger partial charge in [-0.15, -0.1) is 0 Å². The molecule has 0 spiro atoms. The standard InChI is InChI=1S/C16H26N2O2S/c1-11-7-12(2)9-15(8-11)18-13(3)14-5-4-6-16(10-14)21(17,19)20/h4-6,10-13,15,18H,7-9H2,1-3H3,(H2,17,19,20). The number of nitrogens with two attached hydrogens (primary N) is 1. The van der Waals surface area contributed by atoms with Crippen LogP contribution < -0.4 is 10.5 Å². The van der Waals surface area contributed by atoms with Crippen molar-refractivity contribution in [3.8, 4) is 0 Å². The van der Waals surface area contributed by atoms with E-state index in [9.17, 15) is 8.42 Å². The molecule has 118 valence electrons. The van der Waals surface area contributed by atoms with Crippen molar-refractivity contribution < 1.29 is 8.42 Å². The highest BCUT2D eigenvalue weighted by Gasteiger charge is 2.25. The second-order valence-corrected chi connectivity index (χ2v) is 8.18. The number of nitrogens with one attached hydrogen (secondary N) is 1. The topological polar surface area (TPSA) is 72.2 Å². The van der Waals surface area contributed by atoms with Crippen LogP contribution >= 0.6 is 0 Å². The van der Waals surface area contributed by atoms with E-state index < -0.39 is 10.0 Å².